The third kappa shape index (κ3) is 5.03. The third-order valence-electron chi connectivity index (χ3n) is 3.36. The van der Waals surface area contributed by atoms with Gasteiger partial charge in [0, 0.05) is 16.1 Å². The highest BCUT2D eigenvalue weighted by Gasteiger charge is 2.17. The monoisotopic (exact) mass is 421 g/mol. The molecule has 0 spiro atoms. The number of aromatic hydroxyl groups is 1. The number of benzene rings is 2. The van der Waals surface area contributed by atoms with Crippen LogP contribution in [0.25, 0.3) is 0 Å². The average molecular weight is 422 g/mol. The van der Waals surface area contributed by atoms with Crippen LogP contribution < -0.4 is 10.2 Å². The van der Waals surface area contributed by atoms with Gasteiger partial charge < -0.3 is 9.84 Å². The molecule has 1 amide bonds. The lowest BCUT2D eigenvalue weighted by Crippen LogP contribution is -2.24. The van der Waals surface area contributed by atoms with Crippen molar-refractivity contribution >= 4 is 33.7 Å². The quantitative estimate of drug-likeness (QED) is 0.422. The van der Waals surface area contributed by atoms with Crippen molar-refractivity contribution < 1.29 is 19.6 Å². The van der Waals surface area contributed by atoms with E-state index in [4.69, 9.17) is 4.74 Å². The van der Waals surface area contributed by atoms with Gasteiger partial charge in [0.05, 0.1) is 11.1 Å². The van der Waals surface area contributed by atoms with Crippen LogP contribution in [0.4, 0.5) is 5.69 Å². The van der Waals surface area contributed by atoms with E-state index in [2.05, 4.69) is 26.5 Å². The third-order valence-corrected chi connectivity index (χ3v) is 3.82. The van der Waals surface area contributed by atoms with Gasteiger partial charge in [-0.1, -0.05) is 33.6 Å². The van der Waals surface area contributed by atoms with E-state index in [1.165, 1.54) is 12.1 Å². The molecule has 0 bridgehead atoms. The van der Waals surface area contributed by atoms with Crippen LogP contribution >= 0.6 is 15.9 Å². The normalized spacial score (nSPS) is 10.7. The first kappa shape index (κ1) is 19.4. The number of nitro groups is 1. The van der Waals surface area contributed by atoms with Gasteiger partial charge in [-0.3, -0.25) is 14.9 Å². The number of halogens is 1. The lowest BCUT2D eigenvalue weighted by Gasteiger charge is -2.08. The summed E-state index contributed by atoms with van der Waals surface area (Å²) in [5.74, 6) is -0.456. The second-order valence-corrected chi connectivity index (χ2v) is 6.39. The number of nitrogens with one attached hydrogen (secondary N) is 1. The molecule has 0 aromatic heterocycles. The van der Waals surface area contributed by atoms with Gasteiger partial charge in [0.15, 0.2) is 6.61 Å². The molecule has 0 saturated heterocycles. The highest BCUT2D eigenvalue weighted by molar-refractivity contribution is 9.10. The maximum Gasteiger partial charge on any atom is 0.312 e. The number of phenolic OH excluding ortho intramolecular Hbond substituents is 1. The molecule has 0 heterocycles. The Balaban J connectivity index is 1.98. The standard InChI is InChI=1S/C17H16BrN3O5/c1-10-3-4-15(11(2)5-10)26-9-16(22)20-19-8-12-6-13(18)7-14(17(12)23)21(24)25/h3-8,23H,9H2,1-2H3,(H,20,22)/b19-8+. The molecule has 8 nitrogen and oxygen atoms in total. The molecule has 2 aromatic carbocycles. The van der Waals surface area contributed by atoms with Gasteiger partial charge in [0.25, 0.3) is 5.91 Å². The number of hydrogen-bond acceptors (Lipinski definition) is 6. The molecule has 0 radical (unpaired) electrons. The predicted molar refractivity (Wildman–Crippen MR) is 99.6 cm³/mol. The zero-order valence-corrected chi connectivity index (χ0v) is 15.6. The fourth-order valence-corrected chi connectivity index (χ4v) is 2.62. The summed E-state index contributed by atoms with van der Waals surface area (Å²) in [6.45, 7) is 3.59. The minimum absolute atomic E-state index is 0.0849. The van der Waals surface area contributed by atoms with Crippen LogP contribution in [0.1, 0.15) is 16.7 Å². The molecule has 9 heteroatoms. The predicted octanol–water partition coefficient (Wildman–Crippen LogP) is 3.21. The summed E-state index contributed by atoms with van der Waals surface area (Å²) in [7, 11) is 0. The molecule has 0 saturated carbocycles. The SMILES string of the molecule is Cc1ccc(OCC(=O)N/N=C/c2cc(Br)cc([N+](=O)[O-])c2O)c(C)c1. The number of nitro benzene ring substituents is 1. The van der Waals surface area contributed by atoms with Gasteiger partial charge in [-0.05, 0) is 31.5 Å². The minimum atomic E-state index is -0.715. The number of hydrogen-bond donors (Lipinski definition) is 2. The van der Waals surface area contributed by atoms with Gasteiger partial charge in [0.1, 0.15) is 5.75 Å². The van der Waals surface area contributed by atoms with Crippen LogP contribution in [0, 0.1) is 24.0 Å². The van der Waals surface area contributed by atoms with Crippen molar-refractivity contribution in [2.45, 2.75) is 13.8 Å². The number of carbonyl (C=O) groups excluding carboxylic acids is 1. The van der Waals surface area contributed by atoms with Crippen LogP contribution in [0.2, 0.25) is 0 Å². The Bertz CT molecular complexity index is 883. The molecule has 0 aliphatic heterocycles. The second-order valence-electron chi connectivity index (χ2n) is 5.47. The number of hydrazone groups is 1. The maximum absolute atomic E-state index is 11.8. The van der Waals surface area contributed by atoms with Crippen molar-refractivity contribution in [3.8, 4) is 11.5 Å². The molecular formula is C17H16BrN3O5. The Kier molecular flexibility index (Phi) is 6.29. The molecule has 0 atom stereocenters. The van der Waals surface area contributed by atoms with Crippen LogP contribution in [0.3, 0.4) is 0 Å². The number of rotatable bonds is 6. The van der Waals surface area contributed by atoms with E-state index < -0.39 is 22.3 Å². The number of aryl methyl sites for hydroxylation is 2. The Hall–Kier alpha value is -2.94. The number of amides is 1. The van der Waals surface area contributed by atoms with Gasteiger partial charge in [0.2, 0.25) is 5.75 Å². The zero-order chi connectivity index (χ0) is 19.3. The lowest BCUT2D eigenvalue weighted by atomic mass is 10.1. The molecule has 0 aliphatic rings. The van der Waals surface area contributed by atoms with E-state index in [1.54, 1.807) is 6.07 Å². The summed E-state index contributed by atoms with van der Waals surface area (Å²) in [5, 5.41) is 24.4. The molecular weight excluding hydrogens is 406 g/mol. The number of ether oxygens (including phenoxy) is 1. The molecule has 2 N–H and O–H groups in total. The lowest BCUT2D eigenvalue weighted by molar-refractivity contribution is -0.385. The smallest absolute Gasteiger partial charge is 0.312 e. The molecule has 2 aromatic rings. The minimum Gasteiger partial charge on any atom is -0.502 e. The maximum atomic E-state index is 11.8. The first-order valence-electron chi connectivity index (χ1n) is 7.47. The van der Waals surface area contributed by atoms with E-state index in [0.717, 1.165) is 17.3 Å². The average Bonchev–Trinajstić information content (AvgIpc) is 2.56. The molecule has 0 unspecified atom stereocenters. The van der Waals surface area contributed by atoms with Crippen molar-refractivity contribution in [3.05, 3.63) is 61.6 Å². The fourth-order valence-electron chi connectivity index (χ4n) is 2.15. The fraction of sp³-hybridized carbons (Fsp3) is 0.176. The summed E-state index contributed by atoms with van der Waals surface area (Å²) < 4.78 is 5.81. The summed E-state index contributed by atoms with van der Waals surface area (Å²) in [4.78, 5) is 21.9. The number of phenols is 1. The van der Waals surface area contributed by atoms with E-state index in [9.17, 15) is 20.0 Å². The first-order chi connectivity index (χ1) is 12.3. The van der Waals surface area contributed by atoms with Crippen molar-refractivity contribution in [1.82, 2.24) is 5.43 Å². The topological polar surface area (TPSA) is 114 Å². The number of nitrogens with zero attached hydrogens (tertiary/aromatic N) is 2. The van der Waals surface area contributed by atoms with E-state index in [-0.39, 0.29) is 12.2 Å². The van der Waals surface area contributed by atoms with Crippen molar-refractivity contribution in [1.29, 1.82) is 0 Å². The van der Waals surface area contributed by atoms with Gasteiger partial charge in [-0.15, -0.1) is 0 Å². The first-order valence-corrected chi connectivity index (χ1v) is 8.26. The summed E-state index contributed by atoms with van der Waals surface area (Å²) in [6.07, 6.45) is 1.11. The highest BCUT2D eigenvalue weighted by Crippen LogP contribution is 2.32. The van der Waals surface area contributed by atoms with Crippen molar-refractivity contribution in [2.75, 3.05) is 6.61 Å². The highest BCUT2D eigenvalue weighted by atomic mass is 79.9. The van der Waals surface area contributed by atoms with Crippen LogP contribution in [0.15, 0.2) is 39.9 Å². The van der Waals surface area contributed by atoms with Gasteiger partial charge in [-0.2, -0.15) is 5.10 Å². The Labute approximate surface area is 157 Å². The van der Waals surface area contributed by atoms with Gasteiger partial charge >= 0.3 is 5.69 Å². The Morgan fingerprint density at radius 3 is 2.77 bits per heavy atom. The molecule has 0 aliphatic carbocycles. The molecule has 2 rings (SSSR count). The largest absolute Gasteiger partial charge is 0.502 e. The summed E-state index contributed by atoms with van der Waals surface area (Å²) >= 11 is 3.11. The van der Waals surface area contributed by atoms with Crippen molar-refractivity contribution in [2.24, 2.45) is 5.10 Å². The van der Waals surface area contributed by atoms with Gasteiger partial charge in [-0.25, -0.2) is 5.43 Å². The van der Waals surface area contributed by atoms with Crippen molar-refractivity contribution in [3.63, 3.8) is 0 Å². The second kappa shape index (κ2) is 8.43. The van der Waals surface area contributed by atoms with Crippen LogP contribution in [0.5, 0.6) is 11.5 Å². The van der Waals surface area contributed by atoms with E-state index >= 15 is 0 Å². The summed E-state index contributed by atoms with van der Waals surface area (Å²) in [6, 6.07) is 8.20. The van der Waals surface area contributed by atoms with E-state index in [1.807, 2.05) is 26.0 Å². The number of carbonyl (C=O) groups is 1. The molecule has 26 heavy (non-hydrogen) atoms. The Morgan fingerprint density at radius 1 is 1.38 bits per heavy atom. The molecule has 136 valence electrons. The van der Waals surface area contributed by atoms with Crippen LogP contribution in [-0.4, -0.2) is 28.8 Å². The van der Waals surface area contributed by atoms with Crippen LogP contribution in [-0.2, 0) is 4.79 Å². The Morgan fingerprint density at radius 2 is 2.12 bits per heavy atom. The summed E-state index contributed by atoms with van der Waals surface area (Å²) in [5.41, 5.74) is 3.85. The molecule has 0 fully saturated rings. The van der Waals surface area contributed by atoms with E-state index in [0.29, 0.717) is 10.2 Å². The zero-order valence-electron chi connectivity index (χ0n) is 14.0.